The Hall–Kier alpha value is -1.33. The predicted molar refractivity (Wildman–Crippen MR) is 64.1 cm³/mol. The molecule has 0 saturated heterocycles. The van der Waals surface area contributed by atoms with Gasteiger partial charge in [-0.05, 0) is 20.8 Å². The maximum atomic E-state index is 12.0. The minimum absolute atomic E-state index is 0.223. The van der Waals surface area contributed by atoms with Gasteiger partial charge in [-0.2, -0.15) is 0 Å². The van der Waals surface area contributed by atoms with E-state index in [1.165, 1.54) is 0 Å². The van der Waals surface area contributed by atoms with Crippen LogP contribution in [0.3, 0.4) is 0 Å². The van der Waals surface area contributed by atoms with Gasteiger partial charge in [-0.25, -0.2) is 9.18 Å². The quantitative estimate of drug-likeness (QED) is 0.795. The van der Waals surface area contributed by atoms with Crippen LogP contribution < -0.4 is 5.32 Å². The average molecular weight is 245 g/mol. The maximum Gasteiger partial charge on any atom is 0.410 e. The molecule has 0 unspecified atom stereocenters. The number of halogens is 1. The van der Waals surface area contributed by atoms with Gasteiger partial charge in [0.2, 0.25) is 0 Å². The molecule has 1 heterocycles. The predicted octanol–water partition coefficient (Wildman–Crippen LogP) is 1.19. The second-order valence-corrected chi connectivity index (χ2v) is 4.85. The van der Waals surface area contributed by atoms with Crippen molar-refractivity contribution < 1.29 is 13.9 Å². The summed E-state index contributed by atoms with van der Waals surface area (Å²) < 4.78 is 17.3. The van der Waals surface area contributed by atoms with Crippen molar-refractivity contribution in [2.45, 2.75) is 26.4 Å². The standard InChI is InChI=1S/C11H20FN3O2/c1-11(2,3)17-10(16)15-7-6-14-9(8-15)13-5-4-12/h4-8H2,1-3H3,(H,13,14). The first kappa shape index (κ1) is 13.7. The van der Waals surface area contributed by atoms with Gasteiger partial charge >= 0.3 is 6.09 Å². The molecule has 0 saturated carbocycles. The Morgan fingerprint density at radius 2 is 2.29 bits per heavy atom. The first-order valence-electron chi connectivity index (χ1n) is 5.73. The third kappa shape index (κ3) is 5.01. The van der Waals surface area contributed by atoms with E-state index in [9.17, 15) is 9.18 Å². The van der Waals surface area contributed by atoms with E-state index in [0.29, 0.717) is 25.5 Å². The zero-order valence-corrected chi connectivity index (χ0v) is 10.6. The molecule has 0 aromatic rings. The lowest BCUT2D eigenvalue weighted by Gasteiger charge is -2.29. The number of nitrogens with zero attached hydrogens (tertiary/aromatic N) is 2. The first-order chi connectivity index (χ1) is 7.92. The Morgan fingerprint density at radius 3 is 2.88 bits per heavy atom. The number of amidine groups is 1. The molecule has 98 valence electrons. The average Bonchev–Trinajstić information content (AvgIpc) is 2.24. The third-order valence-corrected chi connectivity index (χ3v) is 2.09. The topological polar surface area (TPSA) is 53.9 Å². The molecule has 5 nitrogen and oxygen atoms in total. The minimum Gasteiger partial charge on any atom is -0.444 e. The van der Waals surface area contributed by atoms with E-state index in [4.69, 9.17) is 4.74 Å². The lowest BCUT2D eigenvalue weighted by molar-refractivity contribution is 0.0276. The van der Waals surface area contributed by atoms with Gasteiger partial charge in [-0.1, -0.05) is 0 Å². The van der Waals surface area contributed by atoms with Gasteiger partial charge in [-0.15, -0.1) is 0 Å². The molecule has 1 N–H and O–H groups in total. The first-order valence-corrected chi connectivity index (χ1v) is 5.73. The highest BCUT2D eigenvalue weighted by Gasteiger charge is 2.24. The summed E-state index contributed by atoms with van der Waals surface area (Å²) in [5, 5.41) is 2.84. The highest BCUT2D eigenvalue weighted by molar-refractivity contribution is 5.87. The molecular weight excluding hydrogens is 225 g/mol. The summed E-state index contributed by atoms with van der Waals surface area (Å²) in [7, 11) is 0. The van der Waals surface area contributed by atoms with Crippen molar-refractivity contribution in [3.05, 3.63) is 0 Å². The van der Waals surface area contributed by atoms with Crippen LogP contribution in [-0.4, -0.2) is 55.3 Å². The zero-order chi connectivity index (χ0) is 12.9. The molecule has 0 bridgehead atoms. The molecule has 0 aromatic heterocycles. The molecule has 1 aliphatic heterocycles. The van der Waals surface area contributed by atoms with E-state index in [2.05, 4.69) is 10.3 Å². The molecule has 0 aliphatic carbocycles. The van der Waals surface area contributed by atoms with E-state index in [-0.39, 0.29) is 12.6 Å². The van der Waals surface area contributed by atoms with Crippen LogP contribution in [-0.2, 0) is 4.74 Å². The number of ether oxygens (including phenoxy) is 1. The lowest BCUT2D eigenvalue weighted by Crippen LogP contribution is -2.47. The highest BCUT2D eigenvalue weighted by atomic mass is 19.1. The van der Waals surface area contributed by atoms with Crippen molar-refractivity contribution in [2.75, 3.05) is 32.9 Å². The fourth-order valence-corrected chi connectivity index (χ4v) is 1.40. The third-order valence-electron chi connectivity index (χ3n) is 2.09. The number of alkyl halides is 1. The van der Waals surface area contributed by atoms with Crippen molar-refractivity contribution in [3.63, 3.8) is 0 Å². The highest BCUT2D eigenvalue weighted by Crippen LogP contribution is 2.10. The van der Waals surface area contributed by atoms with Gasteiger partial charge in [0.15, 0.2) is 0 Å². The fraction of sp³-hybridized carbons (Fsp3) is 0.818. The number of aliphatic imine (C=N–C) groups is 1. The van der Waals surface area contributed by atoms with E-state index >= 15 is 0 Å². The Morgan fingerprint density at radius 1 is 1.59 bits per heavy atom. The fourth-order valence-electron chi connectivity index (χ4n) is 1.40. The normalized spacial score (nSPS) is 16.5. The van der Waals surface area contributed by atoms with Gasteiger partial charge in [0.05, 0.1) is 13.1 Å². The second-order valence-electron chi connectivity index (χ2n) is 4.85. The lowest BCUT2D eigenvalue weighted by atomic mass is 10.2. The summed E-state index contributed by atoms with van der Waals surface area (Å²) >= 11 is 0. The summed E-state index contributed by atoms with van der Waals surface area (Å²) in [6.45, 7) is 6.66. The van der Waals surface area contributed by atoms with Crippen molar-refractivity contribution in [3.8, 4) is 0 Å². The molecule has 0 aromatic carbocycles. The molecule has 17 heavy (non-hydrogen) atoms. The van der Waals surface area contributed by atoms with Crippen molar-refractivity contribution >= 4 is 11.9 Å². The molecule has 0 spiro atoms. The van der Waals surface area contributed by atoms with Gasteiger partial charge in [0.25, 0.3) is 0 Å². The molecule has 6 heteroatoms. The Bertz CT molecular complexity index is 300. The number of hydrogen-bond acceptors (Lipinski definition) is 4. The molecule has 1 rings (SSSR count). The van der Waals surface area contributed by atoms with Gasteiger partial charge in [-0.3, -0.25) is 9.89 Å². The SMILES string of the molecule is CC(C)(C)OC(=O)N1CCN=C(NCCF)C1. The molecule has 0 fully saturated rings. The van der Waals surface area contributed by atoms with Gasteiger partial charge in [0, 0.05) is 13.1 Å². The number of rotatable bonds is 2. The van der Waals surface area contributed by atoms with Crippen LogP contribution in [0, 0.1) is 0 Å². The van der Waals surface area contributed by atoms with Crippen LogP contribution in [0.4, 0.5) is 9.18 Å². The smallest absolute Gasteiger partial charge is 0.410 e. The van der Waals surface area contributed by atoms with Gasteiger partial charge in [0.1, 0.15) is 18.1 Å². The Balaban J connectivity index is 2.46. The van der Waals surface area contributed by atoms with Crippen LogP contribution in [0.15, 0.2) is 4.99 Å². The monoisotopic (exact) mass is 245 g/mol. The number of carbonyl (C=O) groups is 1. The van der Waals surface area contributed by atoms with E-state index < -0.39 is 12.3 Å². The second kappa shape index (κ2) is 5.84. The summed E-state index contributed by atoms with van der Waals surface area (Å²) in [4.78, 5) is 17.5. The summed E-state index contributed by atoms with van der Waals surface area (Å²) in [6.07, 6.45) is -0.355. The van der Waals surface area contributed by atoms with Crippen LogP contribution in [0.5, 0.6) is 0 Å². The number of amides is 1. The van der Waals surface area contributed by atoms with Crippen LogP contribution >= 0.6 is 0 Å². The maximum absolute atomic E-state index is 12.0. The number of nitrogens with one attached hydrogen (secondary N) is 1. The van der Waals surface area contributed by atoms with Crippen molar-refractivity contribution in [1.82, 2.24) is 10.2 Å². The molecule has 1 amide bonds. The Labute approximate surface area is 101 Å². The Kier molecular flexibility index (Phi) is 4.72. The van der Waals surface area contributed by atoms with Crippen LogP contribution in [0.2, 0.25) is 0 Å². The van der Waals surface area contributed by atoms with Crippen molar-refractivity contribution in [2.24, 2.45) is 4.99 Å². The number of hydrogen-bond donors (Lipinski definition) is 1. The molecular formula is C11H20FN3O2. The minimum atomic E-state index is -0.502. The van der Waals surface area contributed by atoms with E-state index in [1.807, 2.05) is 20.8 Å². The number of carbonyl (C=O) groups excluding carboxylic acids is 1. The summed E-state index contributed by atoms with van der Waals surface area (Å²) in [5.74, 6) is 0.639. The van der Waals surface area contributed by atoms with E-state index in [1.54, 1.807) is 4.90 Å². The largest absolute Gasteiger partial charge is 0.444 e. The van der Waals surface area contributed by atoms with Gasteiger partial charge < -0.3 is 10.1 Å². The van der Waals surface area contributed by atoms with Crippen LogP contribution in [0.25, 0.3) is 0 Å². The van der Waals surface area contributed by atoms with Crippen LogP contribution in [0.1, 0.15) is 20.8 Å². The zero-order valence-electron chi connectivity index (χ0n) is 10.6. The molecule has 1 aliphatic rings. The molecule has 0 atom stereocenters. The summed E-state index contributed by atoms with van der Waals surface area (Å²) in [5.41, 5.74) is -0.502. The van der Waals surface area contributed by atoms with Crippen molar-refractivity contribution in [1.29, 1.82) is 0 Å². The van der Waals surface area contributed by atoms with E-state index in [0.717, 1.165) is 0 Å². The molecule has 0 radical (unpaired) electrons. The summed E-state index contributed by atoms with van der Waals surface area (Å²) in [6, 6.07) is 0.